The topological polar surface area (TPSA) is 74.8 Å². The number of rotatable bonds is 4. The maximum atomic E-state index is 12.3. The molecule has 3 aromatic rings. The van der Waals surface area contributed by atoms with Gasteiger partial charge in [-0.2, -0.15) is 5.10 Å². The molecule has 0 aliphatic heterocycles. The van der Waals surface area contributed by atoms with E-state index >= 15 is 0 Å². The normalized spacial score (nSPS) is 11.4. The lowest BCUT2D eigenvalue weighted by Gasteiger charge is -2.08. The van der Waals surface area contributed by atoms with Gasteiger partial charge in [0, 0.05) is 16.9 Å². The van der Waals surface area contributed by atoms with E-state index in [2.05, 4.69) is 14.9 Å². The van der Waals surface area contributed by atoms with Crippen LogP contribution < -0.4 is 4.72 Å². The Kier molecular flexibility index (Phi) is 3.92. The number of sulfonamides is 1. The first kappa shape index (κ1) is 15.3. The summed E-state index contributed by atoms with van der Waals surface area (Å²) in [5.41, 5.74) is 4.26. The van der Waals surface area contributed by atoms with E-state index in [0.717, 1.165) is 22.5 Å². The quantitative estimate of drug-likeness (QED) is 0.770. The van der Waals surface area contributed by atoms with E-state index in [0.29, 0.717) is 5.69 Å². The van der Waals surface area contributed by atoms with Crippen LogP contribution in [0.3, 0.4) is 0 Å². The highest BCUT2D eigenvalue weighted by molar-refractivity contribution is 7.92. The molecule has 0 atom stereocenters. The predicted octanol–water partition coefficient (Wildman–Crippen LogP) is 3.49. The zero-order valence-electron chi connectivity index (χ0n) is 12.9. The monoisotopic (exact) mass is 327 g/mol. The van der Waals surface area contributed by atoms with Crippen LogP contribution >= 0.6 is 0 Å². The highest BCUT2D eigenvalue weighted by Gasteiger charge is 2.13. The largest absolute Gasteiger partial charge is 0.282 e. The fraction of sp³-hybridized carbons (Fsp3) is 0.118. The zero-order valence-corrected chi connectivity index (χ0v) is 13.7. The van der Waals surface area contributed by atoms with Crippen molar-refractivity contribution in [1.29, 1.82) is 0 Å². The highest BCUT2D eigenvalue weighted by atomic mass is 32.2. The molecule has 0 aliphatic carbocycles. The molecular formula is C17H17N3O2S. The number of anilines is 1. The van der Waals surface area contributed by atoms with E-state index < -0.39 is 10.0 Å². The number of benzene rings is 2. The fourth-order valence-corrected chi connectivity index (χ4v) is 3.27. The Morgan fingerprint density at radius 1 is 0.957 bits per heavy atom. The van der Waals surface area contributed by atoms with Crippen molar-refractivity contribution in [3.05, 3.63) is 65.9 Å². The molecule has 0 saturated heterocycles. The average Bonchev–Trinajstić information content (AvgIpc) is 2.95. The Hall–Kier alpha value is -2.60. The van der Waals surface area contributed by atoms with Gasteiger partial charge in [-0.1, -0.05) is 29.8 Å². The summed E-state index contributed by atoms with van der Waals surface area (Å²) in [4.78, 5) is 0.245. The Bertz CT molecular complexity index is 911. The van der Waals surface area contributed by atoms with E-state index in [4.69, 9.17) is 0 Å². The summed E-state index contributed by atoms with van der Waals surface area (Å²) in [7, 11) is -3.58. The van der Waals surface area contributed by atoms with E-state index in [1.54, 1.807) is 36.4 Å². The van der Waals surface area contributed by atoms with Crippen molar-refractivity contribution in [1.82, 2.24) is 10.2 Å². The second kappa shape index (κ2) is 5.89. The third kappa shape index (κ3) is 3.43. The summed E-state index contributed by atoms with van der Waals surface area (Å²) in [6.45, 7) is 3.85. The second-order valence-electron chi connectivity index (χ2n) is 5.43. The number of nitrogens with zero attached hydrogens (tertiary/aromatic N) is 1. The summed E-state index contributed by atoms with van der Waals surface area (Å²) in [6, 6.07) is 15.8. The number of hydrogen-bond donors (Lipinski definition) is 2. The van der Waals surface area contributed by atoms with Crippen molar-refractivity contribution in [3.8, 4) is 11.3 Å². The Morgan fingerprint density at radius 3 is 2.17 bits per heavy atom. The van der Waals surface area contributed by atoms with Crippen molar-refractivity contribution < 1.29 is 8.42 Å². The molecule has 1 aromatic heterocycles. The van der Waals surface area contributed by atoms with Crippen molar-refractivity contribution in [2.24, 2.45) is 0 Å². The predicted molar refractivity (Wildman–Crippen MR) is 90.7 cm³/mol. The Morgan fingerprint density at radius 2 is 1.61 bits per heavy atom. The van der Waals surface area contributed by atoms with Gasteiger partial charge in [0.05, 0.1) is 10.6 Å². The van der Waals surface area contributed by atoms with Gasteiger partial charge in [-0.25, -0.2) is 8.42 Å². The van der Waals surface area contributed by atoms with Crippen LogP contribution in [0.5, 0.6) is 0 Å². The first-order valence-corrected chi connectivity index (χ1v) is 8.64. The summed E-state index contributed by atoms with van der Waals surface area (Å²) < 4.78 is 27.3. The third-order valence-corrected chi connectivity index (χ3v) is 4.87. The minimum Gasteiger partial charge on any atom is -0.282 e. The second-order valence-corrected chi connectivity index (χ2v) is 7.11. The SMILES string of the molecule is Cc1ccc(S(=O)(=O)Nc2ccc(-c3cc(C)[nH]n3)cc2)cc1. The molecule has 0 saturated carbocycles. The summed E-state index contributed by atoms with van der Waals surface area (Å²) >= 11 is 0. The average molecular weight is 327 g/mol. The molecule has 2 aromatic carbocycles. The van der Waals surface area contributed by atoms with Crippen molar-refractivity contribution in [2.45, 2.75) is 18.7 Å². The van der Waals surface area contributed by atoms with Crippen LogP contribution in [0.2, 0.25) is 0 Å². The lowest BCUT2D eigenvalue weighted by Crippen LogP contribution is -2.12. The van der Waals surface area contributed by atoms with Crippen molar-refractivity contribution >= 4 is 15.7 Å². The molecule has 23 heavy (non-hydrogen) atoms. The molecule has 0 unspecified atom stereocenters. The lowest BCUT2D eigenvalue weighted by atomic mass is 10.1. The van der Waals surface area contributed by atoms with Crippen LogP contribution in [0.25, 0.3) is 11.3 Å². The van der Waals surface area contributed by atoms with Gasteiger partial charge < -0.3 is 0 Å². The first-order valence-electron chi connectivity index (χ1n) is 7.16. The van der Waals surface area contributed by atoms with Gasteiger partial charge in [0.15, 0.2) is 0 Å². The summed E-state index contributed by atoms with van der Waals surface area (Å²) in [5, 5.41) is 7.07. The van der Waals surface area contributed by atoms with Crippen LogP contribution in [-0.2, 0) is 10.0 Å². The maximum Gasteiger partial charge on any atom is 0.261 e. The third-order valence-electron chi connectivity index (χ3n) is 3.47. The van der Waals surface area contributed by atoms with E-state index in [1.807, 2.05) is 32.0 Å². The molecule has 0 amide bonds. The van der Waals surface area contributed by atoms with Crippen LogP contribution in [0.4, 0.5) is 5.69 Å². The maximum absolute atomic E-state index is 12.3. The summed E-state index contributed by atoms with van der Waals surface area (Å²) in [6.07, 6.45) is 0. The van der Waals surface area contributed by atoms with Crippen LogP contribution in [0.15, 0.2) is 59.5 Å². The minimum absolute atomic E-state index is 0.245. The molecule has 3 rings (SSSR count). The van der Waals surface area contributed by atoms with Crippen molar-refractivity contribution in [2.75, 3.05) is 4.72 Å². The number of aromatic amines is 1. The Labute approximate surface area is 135 Å². The van der Waals surface area contributed by atoms with Gasteiger partial charge in [0.1, 0.15) is 0 Å². The molecule has 6 heteroatoms. The minimum atomic E-state index is -3.58. The number of nitrogens with one attached hydrogen (secondary N) is 2. The zero-order chi connectivity index (χ0) is 16.4. The Balaban J connectivity index is 1.81. The van der Waals surface area contributed by atoms with Crippen LogP contribution in [-0.4, -0.2) is 18.6 Å². The fourth-order valence-electron chi connectivity index (χ4n) is 2.21. The number of aryl methyl sites for hydroxylation is 2. The molecule has 0 aliphatic rings. The molecule has 118 valence electrons. The number of H-pyrrole nitrogens is 1. The number of hydrogen-bond acceptors (Lipinski definition) is 3. The smallest absolute Gasteiger partial charge is 0.261 e. The molecule has 5 nitrogen and oxygen atoms in total. The van der Waals surface area contributed by atoms with Gasteiger partial charge in [-0.05, 0) is 44.2 Å². The van der Waals surface area contributed by atoms with Gasteiger partial charge in [0.2, 0.25) is 0 Å². The number of aromatic nitrogens is 2. The summed E-state index contributed by atoms with van der Waals surface area (Å²) in [5.74, 6) is 0. The first-order chi connectivity index (χ1) is 10.9. The van der Waals surface area contributed by atoms with E-state index in [9.17, 15) is 8.42 Å². The molecule has 0 fully saturated rings. The van der Waals surface area contributed by atoms with Gasteiger partial charge in [-0.3, -0.25) is 9.82 Å². The molecule has 0 radical (unpaired) electrons. The molecule has 2 N–H and O–H groups in total. The molecule has 1 heterocycles. The van der Waals surface area contributed by atoms with E-state index in [1.165, 1.54) is 0 Å². The van der Waals surface area contributed by atoms with Gasteiger partial charge >= 0.3 is 0 Å². The van der Waals surface area contributed by atoms with Crippen LogP contribution in [0, 0.1) is 13.8 Å². The molecule has 0 spiro atoms. The van der Waals surface area contributed by atoms with Gasteiger partial charge in [0.25, 0.3) is 10.0 Å². The van der Waals surface area contributed by atoms with Gasteiger partial charge in [-0.15, -0.1) is 0 Å². The highest BCUT2D eigenvalue weighted by Crippen LogP contribution is 2.22. The lowest BCUT2D eigenvalue weighted by molar-refractivity contribution is 0.601. The molecular weight excluding hydrogens is 310 g/mol. The van der Waals surface area contributed by atoms with E-state index in [-0.39, 0.29) is 4.90 Å². The van der Waals surface area contributed by atoms with Crippen molar-refractivity contribution in [3.63, 3.8) is 0 Å². The standard InChI is InChI=1S/C17H17N3O2S/c1-12-3-9-16(10-4-12)23(21,22)20-15-7-5-14(6-8-15)17-11-13(2)18-19-17/h3-11,20H,1-2H3,(H,18,19). The molecule has 0 bridgehead atoms. The van der Waals surface area contributed by atoms with Crippen LogP contribution in [0.1, 0.15) is 11.3 Å².